The summed E-state index contributed by atoms with van der Waals surface area (Å²) in [5, 5.41) is 12.0. The second kappa shape index (κ2) is 4.97. The number of hydrogen-bond donors (Lipinski definition) is 1. The first-order valence-electron chi connectivity index (χ1n) is 6.54. The molecule has 0 spiro atoms. The van der Waals surface area contributed by atoms with Crippen LogP contribution in [0.4, 0.5) is 5.69 Å². The standard InChI is InChI=1S/C13H17N5O/c1-2-19-10-7-9(8-10)18-13(15-16-17-18)11-5-3-4-6-12(11)14/h3-6,9-10H,2,7-8,14H2,1H3. The summed E-state index contributed by atoms with van der Waals surface area (Å²) in [7, 11) is 0. The van der Waals surface area contributed by atoms with Crippen molar-refractivity contribution < 1.29 is 4.74 Å². The SMILES string of the molecule is CCOC1CC(n2nnnc2-c2ccccc2N)C1. The minimum absolute atomic E-state index is 0.307. The van der Waals surface area contributed by atoms with Gasteiger partial charge in [-0.25, -0.2) is 4.68 Å². The molecule has 3 rings (SSSR count). The van der Waals surface area contributed by atoms with E-state index in [-0.39, 0.29) is 0 Å². The first kappa shape index (κ1) is 12.1. The number of tetrazole rings is 1. The van der Waals surface area contributed by atoms with Crippen LogP contribution in [0.2, 0.25) is 0 Å². The first-order chi connectivity index (χ1) is 9.29. The second-order valence-electron chi connectivity index (χ2n) is 4.74. The molecule has 1 aromatic heterocycles. The molecule has 2 N–H and O–H groups in total. The summed E-state index contributed by atoms with van der Waals surface area (Å²) >= 11 is 0. The van der Waals surface area contributed by atoms with Crippen LogP contribution in [0.5, 0.6) is 0 Å². The molecule has 6 heteroatoms. The predicted molar refractivity (Wildman–Crippen MR) is 71.4 cm³/mol. The maximum absolute atomic E-state index is 5.98. The van der Waals surface area contributed by atoms with Crippen LogP contribution in [0.25, 0.3) is 11.4 Å². The molecule has 0 atom stereocenters. The number of benzene rings is 1. The van der Waals surface area contributed by atoms with Gasteiger partial charge in [-0.1, -0.05) is 12.1 Å². The van der Waals surface area contributed by atoms with Crippen molar-refractivity contribution in [2.24, 2.45) is 0 Å². The number of nitrogens with zero attached hydrogens (tertiary/aromatic N) is 4. The molecule has 0 bridgehead atoms. The topological polar surface area (TPSA) is 78.8 Å². The van der Waals surface area contributed by atoms with Gasteiger partial charge < -0.3 is 10.5 Å². The molecule has 2 aromatic rings. The number of hydrogen-bond acceptors (Lipinski definition) is 5. The molecule has 0 saturated heterocycles. The summed E-state index contributed by atoms with van der Waals surface area (Å²) in [5.41, 5.74) is 7.56. The second-order valence-corrected chi connectivity index (χ2v) is 4.74. The Morgan fingerprint density at radius 3 is 2.89 bits per heavy atom. The van der Waals surface area contributed by atoms with Crippen LogP contribution in [0, 0.1) is 0 Å². The van der Waals surface area contributed by atoms with Crippen LogP contribution in [-0.2, 0) is 4.74 Å². The Hall–Kier alpha value is -1.95. The van der Waals surface area contributed by atoms with Gasteiger partial charge in [-0.2, -0.15) is 0 Å². The van der Waals surface area contributed by atoms with Crippen molar-refractivity contribution in [3.8, 4) is 11.4 Å². The Bertz CT molecular complexity index is 562. The first-order valence-corrected chi connectivity index (χ1v) is 6.54. The molecule has 0 aliphatic heterocycles. The molecule has 100 valence electrons. The lowest BCUT2D eigenvalue weighted by atomic mass is 9.89. The van der Waals surface area contributed by atoms with Gasteiger partial charge in [0.25, 0.3) is 0 Å². The predicted octanol–water partition coefficient (Wildman–Crippen LogP) is 1.66. The fourth-order valence-corrected chi connectivity index (χ4v) is 2.43. The van der Waals surface area contributed by atoms with Crippen molar-refractivity contribution in [2.75, 3.05) is 12.3 Å². The van der Waals surface area contributed by atoms with E-state index in [9.17, 15) is 0 Å². The lowest BCUT2D eigenvalue weighted by molar-refractivity contribution is -0.0227. The number of rotatable bonds is 4. The van der Waals surface area contributed by atoms with E-state index in [1.165, 1.54) is 0 Å². The molecule has 0 radical (unpaired) electrons. The highest BCUT2D eigenvalue weighted by molar-refractivity contribution is 5.71. The zero-order valence-electron chi connectivity index (χ0n) is 10.9. The van der Waals surface area contributed by atoms with Gasteiger partial charge in [0.1, 0.15) is 0 Å². The molecule has 0 amide bonds. The monoisotopic (exact) mass is 259 g/mol. The number of ether oxygens (including phenoxy) is 1. The molecule has 1 aromatic carbocycles. The zero-order valence-corrected chi connectivity index (χ0v) is 10.9. The minimum Gasteiger partial charge on any atom is -0.398 e. The van der Waals surface area contributed by atoms with Crippen molar-refractivity contribution in [3.63, 3.8) is 0 Å². The lowest BCUT2D eigenvalue weighted by Gasteiger charge is -2.34. The number of para-hydroxylation sites is 1. The van der Waals surface area contributed by atoms with Crippen LogP contribution >= 0.6 is 0 Å². The van der Waals surface area contributed by atoms with E-state index in [1.54, 1.807) is 0 Å². The Labute approximate surface area is 111 Å². The molecule has 1 heterocycles. The molecular weight excluding hydrogens is 242 g/mol. The van der Waals surface area contributed by atoms with Crippen molar-refractivity contribution in [3.05, 3.63) is 24.3 Å². The fraction of sp³-hybridized carbons (Fsp3) is 0.462. The van der Waals surface area contributed by atoms with Crippen LogP contribution in [0.1, 0.15) is 25.8 Å². The van der Waals surface area contributed by atoms with E-state index in [0.29, 0.717) is 17.8 Å². The third-order valence-electron chi connectivity index (χ3n) is 3.51. The summed E-state index contributed by atoms with van der Waals surface area (Å²) in [4.78, 5) is 0. The van der Waals surface area contributed by atoms with Crippen LogP contribution in [0.15, 0.2) is 24.3 Å². The molecule has 1 fully saturated rings. The van der Waals surface area contributed by atoms with Gasteiger partial charge in [0, 0.05) is 17.9 Å². The number of nitrogen functional groups attached to an aromatic ring is 1. The zero-order chi connectivity index (χ0) is 13.2. The van der Waals surface area contributed by atoms with Crippen LogP contribution in [-0.4, -0.2) is 32.9 Å². The fourth-order valence-electron chi connectivity index (χ4n) is 2.43. The van der Waals surface area contributed by atoms with Gasteiger partial charge in [-0.05, 0) is 42.3 Å². The van der Waals surface area contributed by atoms with Gasteiger partial charge >= 0.3 is 0 Å². The van der Waals surface area contributed by atoms with Gasteiger partial charge in [-0.15, -0.1) is 5.10 Å². The van der Waals surface area contributed by atoms with Crippen molar-refractivity contribution in [2.45, 2.75) is 31.9 Å². The largest absolute Gasteiger partial charge is 0.398 e. The number of aromatic nitrogens is 4. The van der Waals surface area contributed by atoms with E-state index in [0.717, 1.165) is 30.8 Å². The maximum atomic E-state index is 5.98. The third-order valence-corrected chi connectivity index (χ3v) is 3.51. The molecule has 6 nitrogen and oxygen atoms in total. The maximum Gasteiger partial charge on any atom is 0.184 e. The van der Waals surface area contributed by atoms with E-state index >= 15 is 0 Å². The molecule has 19 heavy (non-hydrogen) atoms. The molecule has 1 aliphatic rings. The van der Waals surface area contributed by atoms with Gasteiger partial charge in [0.05, 0.1) is 12.1 Å². The Morgan fingerprint density at radius 2 is 2.16 bits per heavy atom. The van der Waals surface area contributed by atoms with E-state index in [2.05, 4.69) is 15.5 Å². The Morgan fingerprint density at radius 1 is 1.37 bits per heavy atom. The quantitative estimate of drug-likeness (QED) is 0.845. The summed E-state index contributed by atoms with van der Waals surface area (Å²) in [5.74, 6) is 0.734. The third kappa shape index (κ3) is 2.19. The Kier molecular flexibility index (Phi) is 3.16. The van der Waals surface area contributed by atoms with Gasteiger partial charge in [-0.3, -0.25) is 0 Å². The minimum atomic E-state index is 0.307. The van der Waals surface area contributed by atoms with Crippen molar-refractivity contribution in [1.82, 2.24) is 20.2 Å². The summed E-state index contributed by atoms with van der Waals surface area (Å²) < 4.78 is 7.43. The molecule has 1 saturated carbocycles. The highest BCUT2D eigenvalue weighted by Crippen LogP contribution is 2.36. The van der Waals surface area contributed by atoms with E-state index in [1.807, 2.05) is 35.9 Å². The Balaban J connectivity index is 1.83. The highest BCUT2D eigenvalue weighted by Gasteiger charge is 2.33. The number of anilines is 1. The molecular formula is C13H17N5O. The van der Waals surface area contributed by atoms with E-state index < -0.39 is 0 Å². The lowest BCUT2D eigenvalue weighted by Crippen LogP contribution is -2.34. The van der Waals surface area contributed by atoms with Gasteiger partial charge in [0.15, 0.2) is 5.82 Å². The van der Waals surface area contributed by atoms with Crippen molar-refractivity contribution >= 4 is 5.69 Å². The molecule has 1 aliphatic carbocycles. The normalized spacial score (nSPS) is 22.2. The smallest absolute Gasteiger partial charge is 0.184 e. The summed E-state index contributed by atoms with van der Waals surface area (Å²) in [6.07, 6.45) is 2.25. The average molecular weight is 259 g/mol. The highest BCUT2D eigenvalue weighted by atomic mass is 16.5. The summed E-state index contributed by atoms with van der Waals surface area (Å²) in [6, 6.07) is 7.95. The number of nitrogens with two attached hydrogens (primary N) is 1. The van der Waals surface area contributed by atoms with Gasteiger partial charge in [0.2, 0.25) is 0 Å². The molecule has 0 unspecified atom stereocenters. The summed E-state index contributed by atoms with van der Waals surface area (Å²) in [6.45, 7) is 2.77. The van der Waals surface area contributed by atoms with Crippen LogP contribution < -0.4 is 5.73 Å². The van der Waals surface area contributed by atoms with Crippen LogP contribution in [0.3, 0.4) is 0 Å². The average Bonchev–Trinajstić information content (AvgIpc) is 2.82. The van der Waals surface area contributed by atoms with Crippen molar-refractivity contribution in [1.29, 1.82) is 0 Å². The van der Waals surface area contributed by atoms with E-state index in [4.69, 9.17) is 10.5 Å².